The van der Waals surface area contributed by atoms with E-state index in [1.54, 1.807) is 4.68 Å². The van der Waals surface area contributed by atoms with Crippen LogP contribution >= 0.6 is 0 Å². The Morgan fingerprint density at radius 2 is 1.12 bits per heavy atom. The molecule has 0 aliphatic carbocycles. The number of anilines is 3. The Morgan fingerprint density at radius 1 is 0.625 bits per heavy atom. The number of tetrazole rings is 1. The van der Waals surface area contributed by atoms with E-state index in [-0.39, 0.29) is 0 Å². The molecule has 5 heteroatoms. The molecule has 0 atom stereocenters. The van der Waals surface area contributed by atoms with Crippen molar-refractivity contribution in [1.29, 1.82) is 0 Å². The van der Waals surface area contributed by atoms with Gasteiger partial charge in [0.15, 0.2) is 0 Å². The molecule has 0 N–H and O–H groups in total. The van der Waals surface area contributed by atoms with Gasteiger partial charge in [-0.2, -0.15) is 4.68 Å². The van der Waals surface area contributed by atoms with Crippen molar-refractivity contribution in [3.63, 3.8) is 0 Å². The van der Waals surface area contributed by atoms with E-state index in [4.69, 9.17) is 0 Å². The Kier molecular flexibility index (Phi) is 3.73. The molecule has 0 fully saturated rings. The molecule has 4 aromatic rings. The molecule has 0 aliphatic rings. The average molecular weight is 313 g/mol. The van der Waals surface area contributed by atoms with Crippen LogP contribution in [0.5, 0.6) is 0 Å². The molecule has 3 aromatic carbocycles. The van der Waals surface area contributed by atoms with Gasteiger partial charge in [0.2, 0.25) is 0 Å². The number of para-hydroxylation sites is 3. The lowest BCUT2D eigenvalue weighted by atomic mass is 10.2. The second-order valence-corrected chi connectivity index (χ2v) is 5.23. The van der Waals surface area contributed by atoms with Gasteiger partial charge in [0, 0.05) is 11.4 Å². The molecule has 4 rings (SSSR count). The van der Waals surface area contributed by atoms with Crippen LogP contribution in [0.15, 0.2) is 91.0 Å². The van der Waals surface area contributed by atoms with E-state index in [0.717, 1.165) is 17.1 Å². The van der Waals surface area contributed by atoms with Crippen LogP contribution in [0.4, 0.5) is 17.3 Å². The van der Waals surface area contributed by atoms with Crippen LogP contribution in [-0.2, 0) is 0 Å². The minimum atomic E-state index is 0.638. The van der Waals surface area contributed by atoms with Gasteiger partial charge in [-0.3, -0.25) is 4.90 Å². The molecular formula is C19H15N5. The molecule has 0 bridgehead atoms. The fourth-order valence-electron chi connectivity index (χ4n) is 2.59. The van der Waals surface area contributed by atoms with Gasteiger partial charge >= 0.3 is 0 Å². The van der Waals surface area contributed by atoms with Crippen molar-refractivity contribution < 1.29 is 0 Å². The zero-order valence-electron chi connectivity index (χ0n) is 12.9. The third kappa shape index (κ3) is 2.63. The first kappa shape index (κ1) is 14.1. The Balaban J connectivity index is 1.89. The minimum absolute atomic E-state index is 0.638. The van der Waals surface area contributed by atoms with E-state index in [0.29, 0.717) is 5.95 Å². The van der Waals surface area contributed by atoms with Gasteiger partial charge in [-0.15, -0.1) is 0 Å². The van der Waals surface area contributed by atoms with Crippen molar-refractivity contribution in [1.82, 2.24) is 20.2 Å². The predicted octanol–water partition coefficient (Wildman–Crippen LogP) is 4.13. The molecule has 5 nitrogen and oxygen atoms in total. The summed E-state index contributed by atoms with van der Waals surface area (Å²) < 4.78 is 1.74. The largest absolute Gasteiger partial charge is 0.278 e. The highest BCUT2D eigenvalue weighted by Crippen LogP contribution is 2.33. The topological polar surface area (TPSA) is 46.8 Å². The number of rotatable bonds is 4. The van der Waals surface area contributed by atoms with Crippen molar-refractivity contribution in [3.05, 3.63) is 91.0 Å². The summed E-state index contributed by atoms with van der Waals surface area (Å²) in [6, 6.07) is 30.0. The van der Waals surface area contributed by atoms with Crippen molar-refractivity contribution in [2.24, 2.45) is 0 Å². The lowest BCUT2D eigenvalue weighted by molar-refractivity contribution is 0.788. The van der Waals surface area contributed by atoms with Crippen molar-refractivity contribution in [2.45, 2.75) is 0 Å². The quantitative estimate of drug-likeness (QED) is 0.568. The predicted molar refractivity (Wildman–Crippen MR) is 93.8 cm³/mol. The second kappa shape index (κ2) is 6.34. The normalized spacial score (nSPS) is 10.5. The van der Waals surface area contributed by atoms with E-state index in [9.17, 15) is 0 Å². The van der Waals surface area contributed by atoms with Gasteiger partial charge < -0.3 is 0 Å². The molecule has 24 heavy (non-hydrogen) atoms. The van der Waals surface area contributed by atoms with Crippen LogP contribution in [0.3, 0.4) is 0 Å². The third-order valence-corrected chi connectivity index (χ3v) is 3.68. The van der Waals surface area contributed by atoms with Crippen LogP contribution in [0, 0.1) is 0 Å². The van der Waals surface area contributed by atoms with Crippen molar-refractivity contribution in [2.75, 3.05) is 4.90 Å². The van der Waals surface area contributed by atoms with Gasteiger partial charge in [-0.1, -0.05) is 59.7 Å². The van der Waals surface area contributed by atoms with Crippen molar-refractivity contribution >= 4 is 17.3 Å². The number of hydrogen-bond donors (Lipinski definition) is 0. The monoisotopic (exact) mass is 313 g/mol. The molecule has 1 aromatic heterocycles. The highest BCUT2D eigenvalue weighted by molar-refractivity contribution is 5.73. The zero-order valence-corrected chi connectivity index (χ0v) is 12.9. The second-order valence-electron chi connectivity index (χ2n) is 5.23. The summed E-state index contributed by atoms with van der Waals surface area (Å²) >= 11 is 0. The molecule has 0 saturated carbocycles. The first-order valence-electron chi connectivity index (χ1n) is 7.67. The summed E-state index contributed by atoms with van der Waals surface area (Å²) in [5.41, 5.74) is 2.90. The molecule has 0 unspecified atom stereocenters. The minimum Gasteiger partial charge on any atom is -0.278 e. The van der Waals surface area contributed by atoms with Gasteiger partial charge in [0.25, 0.3) is 5.95 Å². The van der Waals surface area contributed by atoms with Gasteiger partial charge in [-0.05, 0) is 46.8 Å². The van der Waals surface area contributed by atoms with E-state index in [1.807, 2.05) is 95.9 Å². The number of hydrogen-bond acceptors (Lipinski definition) is 4. The molecule has 0 spiro atoms. The number of benzene rings is 3. The molecule has 0 saturated heterocycles. The van der Waals surface area contributed by atoms with Crippen LogP contribution in [0.1, 0.15) is 0 Å². The van der Waals surface area contributed by atoms with Gasteiger partial charge in [-0.25, -0.2) is 0 Å². The molecule has 0 aliphatic heterocycles. The van der Waals surface area contributed by atoms with Crippen LogP contribution < -0.4 is 4.90 Å². The first-order chi connectivity index (χ1) is 11.9. The maximum Gasteiger partial charge on any atom is 0.259 e. The summed E-state index contributed by atoms with van der Waals surface area (Å²) in [5, 5.41) is 12.3. The van der Waals surface area contributed by atoms with Gasteiger partial charge in [0.1, 0.15) is 0 Å². The van der Waals surface area contributed by atoms with Gasteiger partial charge in [0.05, 0.1) is 5.69 Å². The summed E-state index contributed by atoms with van der Waals surface area (Å²) in [6.45, 7) is 0. The SMILES string of the molecule is c1ccc(N(c2ccccc2)c2nnnn2-c2ccccc2)cc1. The Hall–Kier alpha value is -3.47. The number of aromatic nitrogens is 4. The average Bonchev–Trinajstić information content (AvgIpc) is 3.14. The summed E-state index contributed by atoms with van der Waals surface area (Å²) in [4.78, 5) is 2.03. The van der Waals surface area contributed by atoms with Crippen LogP contribution in [0.25, 0.3) is 5.69 Å². The van der Waals surface area contributed by atoms with E-state index < -0.39 is 0 Å². The van der Waals surface area contributed by atoms with E-state index in [2.05, 4.69) is 15.5 Å². The Labute approximate surface area is 139 Å². The van der Waals surface area contributed by atoms with E-state index >= 15 is 0 Å². The Bertz CT molecular complexity index is 865. The summed E-state index contributed by atoms with van der Waals surface area (Å²) in [5.74, 6) is 0.638. The number of nitrogens with zero attached hydrogens (tertiary/aromatic N) is 5. The van der Waals surface area contributed by atoms with E-state index in [1.165, 1.54) is 0 Å². The Morgan fingerprint density at radius 3 is 1.67 bits per heavy atom. The lowest BCUT2D eigenvalue weighted by Gasteiger charge is -2.23. The zero-order chi connectivity index (χ0) is 16.2. The maximum atomic E-state index is 4.27. The third-order valence-electron chi connectivity index (χ3n) is 3.68. The summed E-state index contributed by atoms with van der Waals surface area (Å²) in [7, 11) is 0. The van der Waals surface area contributed by atoms with Crippen LogP contribution in [-0.4, -0.2) is 20.2 Å². The van der Waals surface area contributed by atoms with Crippen LogP contribution in [0.2, 0.25) is 0 Å². The molecular weight excluding hydrogens is 298 g/mol. The lowest BCUT2D eigenvalue weighted by Crippen LogP contribution is -2.15. The van der Waals surface area contributed by atoms with Crippen molar-refractivity contribution in [3.8, 4) is 5.69 Å². The summed E-state index contributed by atoms with van der Waals surface area (Å²) in [6.07, 6.45) is 0. The standard InChI is InChI=1S/C19H15N5/c1-4-10-16(11-5-1)23(17-12-6-2-7-13-17)19-20-21-22-24(19)18-14-8-3-9-15-18/h1-15H. The molecule has 0 amide bonds. The molecule has 116 valence electrons. The fourth-order valence-corrected chi connectivity index (χ4v) is 2.59. The fraction of sp³-hybridized carbons (Fsp3) is 0. The smallest absolute Gasteiger partial charge is 0.259 e. The maximum absolute atomic E-state index is 4.27. The first-order valence-corrected chi connectivity index (χ1v) is 7.67. The molecule has 1 heterocycles. The highest BCUT2D eigenvalue weighted by atomic mass is 15.6. The molecule has 0 radical (unpaired) electrons. The highest BCUT2D eigenvalue weighted by Gasteiger charge is 2.19.